The smallest absolute Gasteiger partial charge is 0.370 e. The van der Waals surface area contributed by atoms with E-state index in [0.717, 1.165) is 12.1 Å². The molecule has 0 aromatic heterocycles. The van der Waals surface area contributed by atoms with Crippen molar-refractivity contribution in [2.45, 2.75) is 19.0 Å². The van der Waals surface area contributed by atoms with Crippen LogP contribution in [-0.2, 0) is 6.18 Å². The zero-order valence-corrected chi connectivity index (χ0v) is 14.3. The number of benzene rings is 2. The van der Waals surface area contributed by atoms with Crippen molar-refractivity contribution in [1.82, 2.24) is 0 Å². The Kier molecular flexibility index (Phi) is 5.17. The number of rotatable bonds is 3. The predicted octanol–water partition coefficient (Wildman–Crippen LogP) is 4.82. The monoisotopic (exact) mass is 376 g/mol. The molecule has 1 heterocycles. The number of nitriles is 1. The second kappa shape index (κ2) is 7.39. The standard InChI is InChI=1S/C20H16F4N2O/c21-17-4-1-13(2-5-17)19(27)14-7-9-26(10-8-14)18-6-3-16(20(22,23)24)11-15(18)12-25/h1-6,11,14H,7-10H2. The van der Waals surface area contributed by atoms with E-state index in [4.69, 9.17) is 0 Å². The van der Waals surface area contributed by atoms with Crippen molar-refractivity contribution in [3.8, 4) is 6.07 Å². The summed E-state index contributed by atoms with van der Waals surface area (Å²) in [6.07, 6.45) is -3.47. The molecule has 3 rings (SSSR count). The maximum atomic E-state index is 13.0. The first kappa shape index (κ1) is 18.9. The van der Waals surface area contributed by atoms with Gasteiger partial charge in [-0.3, -0.25) is 4.79 Å². The molecule has 0 spiro atoms. The number of ketones is 1. The van der Waals surface area contributed by atoms with Gasteiger partial charge >= 0.3 is 6.18 Å². The summed E-state index contributed by atoms with van der Waals surface area (Å²) in [7, 11) is 0. The van der Waals surface area contributed by atoms with Crippen molar-refractivity contribution < 1.29 is 22.4 Å². The summed E-state index contributed by atoms with van der Waals surface area (Å²) in [5.41, 5.74) is -0.00224. The molecule has 1 aliphatic heterocycles. The Morgan fingerprint density at radius 1 is 1.07 bits per heavy atom. The summed E-state index contributed by atoms with van der Waals surface area (Å²) in [5.74, 6) is -0.707. The average molecular weight is 376 g/mol. The van der Waals surface area contributed by atoms with Gasteiger partial charge in [0.2, 0.25) is 0 Å². The third-order valence-electron chi connectivity index (χ3n) is 4.78. The number of Topliss-reactive ketones (excluding diaryl/α,β-unsaturated/α-hetero) is 1. The lowest BCUT2D eigenvalue weighted by atomic mass is 9.88. The molecule has 0 saturated carbocycles. The number of carbonyl (C=O) groups is 1. The highest BCUT2D eigenvalue weighted by atomic mass is 19.4. The summed E-state index contributed by atoms with van der Waals surface area (Å²) < 4.78 is 51.5. The van der Waals surface area contributed by atoms with Crippen molar-refractivity contribution >= 4 is 11.5 Å². The topological polar surface area (TPSA) is 44.1 Å². The van der Waals surface area contributed by atoms with Gasteiger partial charge in [-0.05, 0) is 55.3 Å². The van der Waals surface area contributed by atoms with Gasteiger partial charge in [0.1, 0.15) is 11.9 Å². The summed E-state index contributed by atoms with van der Waals surface area (Å²) in [6, 6.07) is 10.3. The fraction of sp³-hybridized carbons (Fsp3) is 0.300. The molecule has 0 N–H and O–H groups in total. The zero-order chi connectivity index (χ0) is 19.6. The van der Waals surface area contributed by atoms with E-state index in [1.807, 2.05) is 11.0 Å². The Labute approximate surface area is 153 Å². The van der Waals surface area contributed by atoms with Crippen LogP contribution in [0.1, 0.15) is 34.3 Å². The second-order valence-corrected chi connectivity index (χ2v) is 6.47. The van der Waals surface area contributed by atoms with E-state index < -0.39 is 17.6 Å². The Morgan fingerprint density at radius 2 is 1.70 bits per heavy atom. The third kappa shape index (κ3) is 4.11. The van der Waals surface area contributed by atoms with E-state index in [1.54, 1.807) is 0 Å². The largest absolute Gasteiger partial charge is 0.416 e. The highest BCUT2D eigenvalue weighted by Crippen LogP contribution is 2.34. The van der Waals surface area contributed by atoms with Crippen LogP contribution in [0.15, 0.2) is 42.5 Å². The normalized spacial score (nSPS) is 15.4. The fourth-order valence-electron chi connectivity index (χ4n) is 3.31. The summed E-state index contributed by atoms with van der Waals surface area (Å²) in [4.78, 5) is 14.3. The van der Waals surface area contributed by atoms with Crippen molar-refractivity contribution in [2.75, 3.05) is 18.0 Å². The van der Waals surface area contributed by atoms with Gasteiger partial charge in [-0.25, -0.2) is 4.39 Å². The molecule has 1 fully saturated rings. The van der Waals surface area contributed by atoms with E-state index in [2.05, 4.69) is 0 Å². The Balaban J connectivity index is 1.71. The molecule has 1 aliphatic rings. The van der Waals surface area contributed by atoms with Gasteiger partial charge in [0.25, 0.3) is 0 Å². The van der Waals surface area contributed by atoms with Crippen LogP contribution < -0.4 is 4.90 Å². The third-order valence-corrected chi connectivity index (χ3v) is 4.78. The molecule has 0 amide bonds. The molecule has 0 bridgehead atoms. The van der Waals surface area contributed by atoms with Crippen LogP contribution in [0.3, 0.4) is 0 Å². The minimum Gasteiger partial charge on any atom is -0.370 e. The molecule has 0 radical (unpaired) electrons. The van der Waals surface area contributed by atoms with Crippen LogP contribution in [-0.4, -0.2) is 18.9 Å². The number of anilines is 1. The van der Waals surface area contributed by atoms with Crippen molar-refractivity contribution in [2.24, 2.45) is 5.92 Å². The summed E-state index contributed by atoms with van der Waals surface area (Å²) in [5, 5.41) is 9.22. The first-order chi connectivity index (χ1) is 12.8. The molecule has 0 atom stereocenters. The Bertz CT molecular complexity index is 876. The zero-order valence-electron chi connectivity index (χ0n) is 14.3. The molecule has 0 aliphatic carbocycles. The van der Waals surface area contributed by atoms with Crippen molar-refractivity contribution in [3.63, 3.8) is 0 Å². The highest BCUT2D eigenvalue weighted by molar-refractivity contribution is 5.98. The fourth-order valence-corrected chi connectivity index (χ4v) is 3.31. The van der Waals surface area contributed by atoms with Gasteiger partial charge in [-0.15, -0.1) is 0 Å². The number of carbonyl (C=O) groups excluding carboxylic acids is 1. The van der Waals surface area contributed by atoms with Crippen molar-refractivity contribution in [3.05, 3.63) is 65.0 Å². The molecule has 2 aromatic carbocycles. The highest BCUT2D eigenvalue weighted by Gasteiger charge is 2.32. The lowest BCUT2D eigenvalue weighted by molar-refractivity contribution is -0.137. The van der Waals surface area contributed by atoms with Crippen LogP contribution in [0, 0.1) is 23.1 Å². The van der Waals surface area contributed by atoms with Gasteiger partial charge in [-0.2, -0.15) is 18.4 Å². The molecule has 0 unspecified atom stereocenters. The molecular formula is C20H16F4N2O. The van der Waals surface area contributed by atoms with Crippen molar-refractivity contribution in [1.29, 1.82) is 5.26 Å². The minimum absolute atomic E-state index is 0.0341. The van der Waals surface area contributed by atoms with Gasteiger partial charge in [0, 0.05) is 24.6 Å². The SMILES string of the molecule is N#Cc1cc(C(F)(F)F)ccc1N1CCC(C(=O)c2ccc(F)cc2)CC1. The maximum Gasteiger partial charge on any atom is 0.416 e. The van der Waals surface area contributed by atoms with Crippen LogP contribution in [0.2, 0.25) is 0 Å². The van der Waals surface area contributed by atoms with Gasteiger partial charge in [-0.1, -0.05) is 0 Å². The number of nitrogens with zero attached hydrogens (tertiary/aromatic N) is 2. The van der Waals surface area contributed by atoms with E-state index in [9.17, 15) is 27.6 Å². The molecular weight excluding hydrogens is 360 g/mol. The lowest BCUT2D eigenvalue weighted by Crippen LogP contribution is -2.36. The van der Waals surface area contributed by atoms with E-state index in [1.165, 1.54) is 30.3 Å². The van der Waals surface area contributed by atoms with Gasteiger partial charge < -0.3 is 4.90 Å². The number of hydrogen-bond donors (Lipinski definition) is 0. The van der Waals surface area contributed by atoms with Crippen LogP contribution in [0.5, 0.6) is 0 Å². The van der Waals surface area contributed by atoms with E-state index >= 15 is 0 Å². The Morgan fingerprint density at radius 3 is 2.26 bits per heavy atom. The number of piperidine rings is 1. The first-order valence-corrected chi connectivity index (χ1v) is 8.45. The predicted molar refractivity (Wildman–Crippen MR) is 91.8 cm³/mol. The minimum atomic E-state index is -4.50. The van der Waals surface area contributed by atoms with Gasteiger partial charge in [0.15, 0.2) is 5.78 Å². The molecule has 3 nitrogen and oxygen atoms in total. The van der Waals surface area contributed by atoms with E-state index in [0.29, 0.717) is 37.2 Å². The molecule has 7 heteroatoms. The van der Waals surface area contributed by atoms with Gasteiger partial charge in [0.05, 0.1) is 16.8 Å². The lowest BCUT2D eigenvalue weighted by Gasteiger charge is -2.33. The van der Waals surface area contributed by atoms with Crippen LogP contribution in [0.4, 0.5) is 23.2 Å². The average Bonchev–Trinajstić information content (AvgIpc) is 2.67. The Hall–Kier alpha value is -2.88. The maximum absolute atomic E-state index is 13.0. The number of hydrogen-bond acceptors (Lipinski definition) is 3. The molecule has 1 saturated heterocycles. The quantitative estimate of drug-likeness (QED) is 0.570. The number of halogens is 4. The van der Waals surface area contributed by atoms with Crippen LogP contribution >= 0.6 is 0 Å². The molecule has 27 heavy (non-hydrogen) atoms. The molecule has 2 aromatic rings. The van der Waals surface area contributed by atoms with E-state index in [-0.39, 0.29) is 17.3 Å². The number of alkyl halides is 3. The van der Waals surface area contributed by atoms with Crippen LogP contribution in [0.25, 0.3) is 0 Å². The molecule has 140 valence electrons. The summed E-state index contributed by atoms with van der Waals surface area (Å²) in [6.45, 7) is 0.912. The first-order valence-electron chi connectivity index (χ1n) is 8.45. The second-order valence-electron chi connectivity index (χ2n) is 6.47. The summed E-state index contributed by atoms with van der Waals surface area (Å²) >= 11 is 0.